The number of ether oxygens (including phenoxy) is 1. The Morgan fingerprint density at radius 2 is 1.73 bits per heavy atom. The molecule has 0 aliphatic carbocycles. The molecular formula is C22H19ClFN3O3. The number of hydrogen-bond acceptors (Lipinski definition) is 4. The van der Waals surface area contributed by atoms with Gasteiger partial charge in [0.25, 0.3) is 5.91 Å². The van der Waals surface area contributed by atoms with E-state index in [0.29, 0.717) is 5.56 Å². The predicted octanol–water partition coefficient (Wildman–Crippen LogP) is 4.94. The molecule has 0 bridgehead atoms. The second-order valence-electron chi connectivity index (χ2n) is 6.39. The number of hydrogen-bond donors (Lipinski definition) is 3. The number of amides is 2. The highest BCUT2D eigenvalue weighted by Crippen LogP contribution is 2.22. The predicted molar refractivity (Wildman–Crippen MR) is 114 cm³/mol. The third kappa shape index (κ3) is 5.79. The third-order valence-corrected chi connectivity index (χ3v) is 4.35. The molecule has 0 spiro atoms. The minimum Gasteiger partial charge on any atom is -0.444 e. The zero-order chi connectivity index (χ0) is 21.5. The molecule has 0 saturated carbocycles. The topological polar surface area (TPSA) is 93.5 Å². The van der Waals surface area contributed by atoms with E-state index in [-0.39, 0.29) is 35.1 Å². The van der Waals surface area contributed by atoms with Crippen molar-refractivity contribution in [3.05, 3.63) is 94.3 Å². The Labute approximate surface area is 177 Å². The van der Waals surface area contributed by atoms with E-state index in [1.807, 2.05) is 30.3 Å². The van der Waals surface area contributed by atoms with Crippen molar-refractivity contribution in [1.29, 1.82) is 0 Å². The fourth-order valence-electron chi connectivity index (χ4n) is 2.66. The van der Waals surface area contributed by atoms with Gasteiger partial charge in [0, 0.05) is 22.8 Å². The second kappa shape index (κ2) is 9.87. The van der Waals surface area contributed by atoms with Crippen LogP contribution in [-0.2, 0) is 17.9 Å². The lowest BCUT2D eigenvalue weighted by molar-refractivity contribution is 0.102. The van der Waals surface area contributed by atoms with Crippen molar-refractivity contribution in [2.75, 3.05) is 10.6 Å². The van der Waals surface area contributed by atoms with Gasteiger partial charge in [0.2, 0.25) is 0 Å². The molecule has 3 aromatic carbocycles. The number of carbonyl (C=O) groups excluding carboxylic acids is 2. The summed E-state index contributed by atoms with van der Waals surface area (Å²) in [5.74, 6) is -1.18. The highest BCUT2D eigenvalue weighted by atomic mass is 35.5. The maximum absolute atomic E-state index is 14.0. The van der Waals surface area contributed by atoms with Crippen LogP contribution in [0.4, 0.5) is 20.6 Å². The monoisotopic (exact) mass is 427 g/mol. The fourth-order valence-corrected chi connectivity index (χ4v) is 2.89. The Bertz CT molecular complexity index is 1060. The van der Waals surface area contributed by atoms with Crippen LogP contribution in [0.5, 0.6) is 0 Å². The average molecular weight is 428 g/mol. The van der Waals surface area contributed by atoms with Gasteiger partial charge < -0.3 is 15.8 Å². The van der Waals surface area contributed by atoms with E-state index in [4.69, 9.17) is 22.1 Å². The molecule has 0 saturated heterocycles. The van der Waals surface area contributed by atoms with Gasteiger partial charge in [0.05, 0.1) is 5.69 Å². The molecule has 0 unspecified atom stereocenters. The van der Waals surface area contributed by atoms with Gasteiger partial charge in [0.1, 0.15) is 12.4 Å². The van der Waals surface area contributed by atoms with E-state index in [9.17, 15) is 14.0 Å². The summed E-state index contributed by atoms with van der Waals surface area (Å²) in [6, 6.07) is 17.7. The smallest absolute Gasteiger partial charge is 0.411 e. The SMILES string of the molecule is NCc1ccc(F)c(NC(=O)c2cc(Cl)cc(NC(=O)OCc3ccccc3)c2)c1. The first-order valence-corrected chi connectivity index (χ1v) is 9.40. The molecule has 30 heavy (non-hydrogen) atoms. The lowest BCUT2D eigenvalue weighted by Gasteiger charge is -2.11. The molecule has 2 amide bonds. The van der Waals surface area contributed by atoms with E-state index in [2.05, 4.69) is 10.6 Å². The maximum Gasteiger partial charge on any atom is 0.411 e. The molecule has 0 aromatic heterocycles. The van der Waals surface area contributed by atoms with Crippen molar-refractivity contribution in [3.63, 3.8) is 0 Å². The summed E-state index contributed by atoms with van der Waals surface area (Å²) in [5, 5.41) is 5.23. The Kier molecular flexibility index (Phi) is 7.00. The van der Waals surface area contributed by atoms with Crippen LogP contribution in [0.1, 0.15) is 21.5 Å². The first-order chi connectivity index (χ1) is 14.4. The summed E-state index contributed by atoms with van der Waals surface area (Å²) in [6.45, 7) is 0.302. The summed E-state index contributed by atoms with van der Waals surface area (Å²) >= 11 is 6.07. The van der Waals surface area contributed by atoms with Gasteiger partial charge in [-0.05, 0) is 41.5 Å². The zero-order valence-electron chi connectivity index (χ0n) is 15.8. The number of benzene rings is 3. The van der Waals surface area contributed by atoms with Gasteiger partial charge in [0.15, 0.2) is 0 Å². The minimum absolute atomic E-state index is 0.000273. The Morgan fingerprint density at radius 1 is 0.967 bits per heavy atom. The maximum atomic E-state index is 14.0. The van der Waals surface area contributed by atoms with Gasteiger partial charge >= 0.3 is 6.09 Å². The number of rotatable bonds is 6. The Balaban J connectivity index is 1.68. The van der Waals surface area contributed by atoms with E-state index in [1.165, 1.54) is 36.4 Å². The first-order valence-electron chi connectivity index (χ1n) is 9.03. The van der Waals surface area contributed by atoms with Crippen LogP contribution in [0, 0.1) is 5.82 Å². The lowest BCUT2D eigenvalue weighted by atomic mass is 10.1. The molecule has 0 radical (unpaired) electrons. The summed E-state index contributed by atoms with van der Waals surface area (Å²) in [5.41, 5.74) is 7.46. The number of anilines is 2. The molecule has 0 fully saturated rings. The number of carbonyl (C=O) groups is 2. The van der Waals surface area contributed by atoms with Crippen LogP contribution in [0.3, 0.4) is 0 Å². The van der Waals surface area contributed by atoms with E-state index in [0.717, 1.165) is 5.56 Å². The van der Waals surface area contributed by atoms with E-state index >= 15 is 0 Å². The molecule has 3 rings (SSSR count). The van der Waals surface area contributed by atoms with Crippen LogP contribution < -0.4 is 16.4 Å². The van der Waals surface area contributed by atoms with Crippen LogP contribution in [0.2, 0.25) is 5.02 Å². The molecule has 0 aliphatic heterocycles. The highest BCUT2D eigenvalue weighted by Gasteiger charge is 2.13. The quantitative estimate of drug-likeness (QED) is 0.519. The highest BCUT2D eigenvalue weighted by molar-refractivity contribution is 6.31. The molecule has 154 valence electrons. The Hall–Kier alpha value is -3.42. The number of nitrogens with two attached hydrogens (primary N) is 1. The van der Waals surface area contributed by atoms with Gasteiger partial charge in [-0.3, -0.25) is 10.1 Å². The average Bonchev–Trinajstić information content (AvgIpc) is 2.74. The normalized spacial score (nSPS) is 10.4. The molecule has 0 atom stereocenters. The van der Waals surface area contributed by atoms with Crippen molar-refractivity contribution in [2.45, 2.75) is 13.2 Å². The summed E-state index contributed by atoms with van der Waals surface area (Å²) in [4.78, 5) is 24.6. The van der Waals surface area contributed by atoms with Crippen LogP contribution in [-0.4, -0.2) is 12.0 Å². The van der Waals surface area contributed by atoms with Crippen LogP contribution >= 0.6 is 11.6 Å². The standard InChI is InChI=1S/C22H19ClFN3O3/c23-17-9-16(21(28)27-20-8-15(12-25)6-7-19(20)24)10-18(11-17)26-22(29)30-13-14-4-2-1-3-5-14/h1-11H,12-13,25H2,(H,26,29)(H,27,28). The number of halogens is 2. The largest absolute Gasteiger partial charge is 0.444 e. The first kappa shape index (κ1) is 21.3. The van der Waals surface area contributed by atoms with Crippen LogP contribution in [0.25, 0.3) is 0 Å². The lowest BCUT2D eigenvalue weighted by Crippen LogP contribution is -2.16. The molecular weight excluding hydrogens is 409 g/mol. The van der Waals surface area contributed by atoms with Gasteiger partial charge in [-0.1, -0.05) is 48.0 Å². The van der Waals surface area contributed by atoms with Gasteiger partial charge in [-0.15, -0.1) is 0 Å². The van der Waals surface area contributed by atoms with Crippen molar-refractivity contribution < 1.29 is 18.7 Å². The summed E-state index contributed by atoms with van der Waals surface area (Å²) in [6.07, 6.45) is -0.700. The van der Waals surface area contributed by atoms with Gasteiger partial charge in [-0.25, -0.2) is 9.18 Å². The minimum atomic E-state index is -0.700. The molecule has 4 N–H and O–H groups in total. The van der Waals surface area contributed by atoms with Gasteiger partial charge in [-0.2, -0.15) is 0 Å². The summed E-state index contributed by atoms with van der Waals surface area (Å²) in [7, 11) is 0. The summed E-state index contributed by atoms with van der Waals surface area (Å²) < 4.78 is 19.1. The van der Waals surface area contributed by atoms with Crippen molar-refractivity contribution in [1.82, 2.24) is 0 Å². The Morgan fingerprint density at radius 3 is 2.47 bits per heavy atom. The van der Waals surface area contributed by atoms with E-state index < -0.39 is 17.8 Å². The fraction of sp³-hybridized carbons (Fsp3) is 0.0909. The third-order valence-electron chi connectivity index (χ3n) is 4.13. The van der Waals surface area contributed by atoms with Crippen molar-refractivity contribution in [3.8, 4) is 0 Å². The molecule has 0 aliphatic rings. The van der Waals surface area contributed by atoms with Crippen molar-refractivity contribution >= 4 is 35.0 Å². The van der Waals surface area contributed by atoms with Crippen LogP contribution in [0.15, 0.2) is 66.7 Å². The molecule has 0 heterocycles. The molecule has 3 aromatic rings. The zero-order valence-corrected chi connectivity index (χ0v) is 16.6. The van der Waals surface area contributed by atoms with E-state index in [1.54, 1.807) is 0 Å². The number of nitrogens with one attached hydrogen (secondary N) is 2. The molecule has 8 heteroatoms. The second-order valence-corrected chi connectivity index (χ2v) is 6.82. The van der Waals surface area contributed by atoms with Crippen molar-refractivity contribution in [2.24, 2.45) is 5.73 Å². The molecule has 6 nitrogen and oxygen atoms in total.